The van der Waals surface area contributed by atoms with Crippen LogP contribution in [-0.4, -0.2) is 87.7 Å². The summed E-state index contributed by atoms with van der Waals surface area (Å²) in [6.07, 6.45) is -8.25. The minimum absolute atomic E-state index is 0.0965. The Morgan fingerprint density at radius 1 is 1.07 bits per heavy atom. The molecule has 0 spiro atoms. The molecule has 0 aromatic carbocycles. The fourth-order valence-corrected chi connectivity index (χ4v) is 5.49. The highest BCUT2D eigenvalue weighted by molar-refractivity contribution is 7.47. The SMILES string of the molecule is Cc1cn([C@H]2C[C@H](OP(=O)(O)OC[C@H]3O[C@@H](n4ccc(N)nc4=O)[C@H](O)[C@@H]3O)[C@@H](COP(=O)(O)O)O2)c(=O)[nH]c1=O. The van der Waals surface area contributed by atoms with Gasteiger partial charge in [-0.05, 0) is 13.0 Å². The molecule has 8 N–H and O–H groups in total. The van der Waals surface area contributed by atoms with Crippen LogP contribution >= 0.6 is 15.6 Å². The first-order valence-electron chi connectivity index (χ1n) is 11.7. The lowest BCUT2D eigenvalue weighted by Crippen LogP contribution is -2.36. The van der Waals surface area contributed by atoms with Gasteiger partial charge < -0.3 is 40.1 Å². The van der Waals surface area contributed by atoms with Gasteiger partial charge in [-0.2, -0.15) is 4.98 Å². The number of nitrogens with one attached hydrogen (secondary N) is 1. The summed E-state index contributed by atoms with van der Waals surface area (Å²) in [5, 5.41) is 20.7. The lowest BCUT2D eigenvalue weighted by Gasteiger charge is -2.22. The standard InChI is InChI=1S/C19H27N5O15P2/c1-8-5-24(19(29)22-16(8)27)13-4-9(10(37-13)6-35-40(30,31)32)39-41(33,34)36-7-11-14(25)15(26)17(38-11)23-3-2-12(20)21-18(23)28/h2-3,5,9-11,13-15,17,25-26H,4,6-7H2,1H3,(H,33,34)(H2,20,21,28)(H,22,27,29)(H2,30,31,32)/t9-,10+,11+,13+,14+,15+,17+/m0/s1. The molecule has 2 aromatic rings. The molecule has 2 aromatic heterocycles. The number of phosphoric ester groups is 2. The van der Waals surface area contributed by atoms with Gasteiger partial charge in [-0.1, -0.05) is 0 Å². The van der Waals surface area contributed by atoms with Crippen molar-refractivity contribution in [3.05, 3.63) is 55.3 Å². The van der Waals surface area contributed by atoms with Gasteiger partial charge >= 0.3 is 27.0 Å². The molecule has 41 heavy (non-hydrogen) atoms. The van der Waals surface area contributed by atoms with Crippen molar-refractivity contribution in [2.75, 3.05) is 18.9 Å². The van der Waals surface area contributed by atoms with Gasteiger partial charge in [0.1, 0.15) is 42.6 Å². The lowest BCUT2D eigenvalue weighted by molar-refractivity contribution is -0.0611. The van der Waals surface area contributed by atoms with Gasteiger partial charge in [0.15, 0.2) is 6.23 Å². The van der Waals surface area contributed by atoms with E-state index in [0.29, 0.717) is 0 Å². The summed E-state index contributed by atoms with van der Waals surface area (Å²) in [6, 6.07) is 1.25. The van der Waals surface area contributed by atoms with Gasteiger partial charge in [0.2, 0.25) is 0 Å². The maximum absolute atomic E-state index is 12.8. The number of aromatic amines is 1. The molecule has 2 aliphatic rings. The van der Waals surface area contributed by atoms with Gasteiger partial charge in [0.25, 0.3) is 5.56 Å². The zero-order valence-corrected chi connectivity index (χ0v) is 22.8. The summed E-state index contributed by atoms with van der Waals surface area (Å²) in [5.41, 5.74) is 3.12. The molecular weight excluding hydrogens is 600 g/mol. The molecule has 1 unspecified atom stereocenters. The van der Waals surface area contributed by atoms with Crippen LogP contribution < -0.4 is 22.7 Å². The Morgan fingerprint density at radius 3 is 2.41 bits per heavy atom. The van der Waals surface area contributed by atoms with Gasteiger partial charge in [-0.15, -0.1) is 0 Å². The number of nitrogens with two attached hydrogens (primary N) is 1. The monoisotopic (exact) mass is 627 g/mol. The number of ether oxygens (including phenoxy) is 2. The normalized spacial score (nSPS) is 30.0. The molecule has 22 heteroatoms. The molecule has 0 amide bonds. The van der Waals surface area contributed by atoms with Crippen LogP contribution in [0.4, 0.5) is 5.82 Å². The number of phosphoric acid groups is 2. The molecule has 0 aliphatic carbocycles. The summed E-state index contributed by atoms with van der Waals surface area (Å²) in [6.45, 7) is -0.243. The Bertz CT molecular complexity index is 1540. The predicted molar refractivity (Wildman–Crippen MR) is 132 cm³/mol. The first-order valence-corrected chi connectivity index (χ1v) is 14.8. The maximum atomic E-state index is 12.8. The summed E-state index contributed by atoms with van der Waals surface area (Å²) in [5.74, 6) is -0.0965. The average molecular weight is 627 g/mol. The van der Waals surface area contributed by atoms with Crippen LogP contribution in [0, 0.1) is 6.92 Å². The number of nitrogen functional groups attached to an aromatic ring is 1. The third-order valence-electron chi connectivity index (χ3n) is 6.18. The molecule has 228 valence electrons. The van der Waals surface area contributed by atoms with E-state index in [4.69, 9.17) is 34.0 Å². The molecular formula is C19H27N5O15P2. The molecule has 0 radical (unpaired) electrons. The first-order chi connectivity index (χ1) is 19.0. The number of rotatable bonds is 10. The fraction of sp³-hybridized carbons (Fsp3) is 0.579. The van der Waals surface area contributed by atoms with Crippen LogP contribution in [0.25, 0.3) is 0 Å². The number of nitrogens with zero attached hydrogens (tertiary/aromatic N) is 3. The van der Waals surface area contributed by atoms with E-state index < -0.39 is 88.8 Å². The Labute approximate surface area is 228 Å². The minimum Gasteiger partial charge on any atom is -0.387 e. The first kappa shape index (κ1) is 31.4. The summed E-state index contributed by atoms with van der Waals surface area (Å²) in [7, 11) is -10.0. The minimum atomic E-state index is -5.04. The van der Waals surface area contributed by atoms with E-state index >= 15 is 0 Å². The zero-order chi connectivity index (χ0) is 30.3. The van der Waals surface area contributed by atoms with Crippen LogP contribution in [0.5, 0.6) is 0 Å². The van der Waals surface area contributed by atoms with Crippen molar-refractivity contribution in [1.29, 1.82) is 0 Å². The number of aliphatic hydroxyl groups is 2. The summed E-state index contributed by atoms with van der Waals surface area (Å²) in [4.78, 5) is 70.1. The molecule has 20 nitrogen and oxygen atoms in total. The zero-order valence-electron chi connectivity index (χ0n) is 21.0. The fourth-order valence-electron chi connectivity index (χ4n) is 4.19. The van der Waals surface area contributed by atoms with E-state index in [1.807, 2.05) is 0 Å². The largest absolute Gasteiger partial charge is 0.472 e. The second kappa shape index (κ2) is 12.0. The average Bonchev–Trinajstić information content (AvgIpc) is 3.38. The van der Waals surface area contributed by atoms with E-state index in [-0.39, 0.29) is 17.8 Å². The molecule has 2 aliphatic heterocycles. The van der Waals surface area contributed by atoms with Crippen LogP contribution in [0.1, 0.15) is 24.4 Å². The second-order valence-electron chi connectivity index (χ2n) is 9.13. The highest BCUT2D eigenvalue weighted by Gasteiger charge is 2.47. The van der Waals surface area contributed by atoms with Crippen molar-refractivity contribution in [3.63, 3.8) is 0 Å². The van der Waals surface area contributed by atoms with Gasteiger partial charge in [0.05, 0.1) is 13.2 Å². The number of anilines is 1. The molecule has 0 saturated carbocycles. The van der Waals surface area contributed by atoms with Crippen molar-refractivity contribution >= 4 is 21.5 Å². The van der Waals surface area contributed by atoms with Crippen LogP contribution in [0.3, 0.4) is 0 Å². The number of hydrogen-bond donors (Lipinski definition) is 7. The Balaban J connectivity index is 1.45. The summed E-state index contributed by atoms with van der Waals surface area (Å²) >= 11 is 0. The van der Waals surface area contributed by atoms with E-state index in [2.05, 4.69) is 14.5 Å². The van der Waals surface area contributed by atoms with E-state index in [1.165, 1.54) is 19.2 Å². The third kappa shape index (κ3) is 7.44. The van der Waals surface area contributed by atoms with E-state index in [9.17, 15) is 38.6 Å². The molecule has 0 bridgehead atoms. The smallest absolute Gasteiger partial charge is 0.387 e. The molecule has 8 atom stereocenters. The van der Waals surface area contributed by atoms with E-state index in [1.54, 1.807) is 0 Å². The number of aryl methyl sites for hydroxylation is 1. The quantitative estimate of drug-likeness (QED) is 0.131. The van der Waals surface area contributed by atoms with Gasteiger partial charge in [-0.3, -0.25) is 32.5 Å². The molecule has 2 saturated heterocycles. The maximum Gasteiger partial charge on any atom is 0.472 e. The van der Waals surface area contributed by atoms with Crippen molar-refractivity contribution < 1.29 is 57.1 Å². The third-order valence-corrected chi connectivity index (χ3v) is 7.68. The Hall–Kier alpha value is -2.58. The molecule has 4 heterocycles. The number of hydrogen-bond acceptors (Lipinski definition) is 14. The topological polar surface area (TPSA) is 297 Å². The lowest BCUT2D eigenvalue weighted by atomic mass is 10.1. The van der Waals surface area contributed by atoms with Crippen LogP contribution in [0.2, 0.25) is 0 Å². The van der Waals surface area contributed by atoms with Crippen molar-refractivity contribution in [2.45, 2.75) is 56.3 Å². The highest BCUT2D eigenvalue weighted by Crippen LogP contribution is 2.49. The number of aromatic nitrogens is 4. The Morgan fingerprint density at radius 2 is 1.76 bits per heavy atom. The molecule has 4 rings (SSSR count). The van der Waals surface area contributed by atoms with Crippen molar-refractivity contribution in [1.82, 2.24) is 19.1 Å². The van der Waals surface area contributed by atoms with Crippen LogP contribution in [-0.2, 0) is 32.2 Å². The van der Waals surface area contributed by atoms with Gasteiger partial charge in [0, 0.05) is 24.4 Å². The highest BCUT2D eigenvalue weighted by atomic mass is 31.2. The van der Waals surface area contributed by atoms with Crippen LogP contribution in [0.15, 0.2) is 32.8 Å². The molecule has 2 fully saturated rings. The van der Waals surface area contributed by atoms with Crippen molar-refractivity contribution in [3.8, 4) is 0 Å². The second-order valence-corrected chi connectivity index (χ2v) is 11.8. The Kier molecular flexibility index (Phi) is 9.15. The number of aliphatic hydroxyl groups excluding tert-OH is 2. The van der Waals surface area contributed by atoms with Gasteiger partial charge in [-0.25, -0.2) is 18.7 Å². The predicted octanol–water partition coefficient (Wildman–Crippen LogP) is -2.80. The number of H-pyrrole nitrogens is 1. The van der Waals surface area contributed by atoms with E-state index in [0.717, 1.165) is 15.3 Å². The van der Waals surface area contributed by atoms with Crippen molar-refractivity contribution in [2.24, 2.45) is 0 Å². The summed E-state index contributed by atoms with van der Waals surface area (Å²) < 4.78 is 51.3.